The summed E-state index contributed by atoms with van der Waals surface area (Å²) in [6.07, 6.45) is 6.60. The van der Waals surface area contributed by atoms with E-state index in [2.05, 4.69) is 44.5 Å². The second-order valence-corrected chi connectivity index (χ2v) is 7.08. The zero-order valence-corrected chi connectivity index (χ0v) is 14.3. The zero-order chi connectivity index (χ0) is 17.1. The predicted octanol–water partition coefficient (Wildman–Crippen LogP) is 2.93. The van der Waals surface area contributed by atoms with Crippen molar-refractivity contribution in [2.75, 3.05) is 25.0 Å². The Morgan fingerprint density at radius 2 is 1.80 bits per heavy atom. The van der Waals surface area contributed by atoms with E-state index in [-0.39, 0.29) is 5.92 Å². The lowest BCUT2D eigenvalue weighted by molar-refractivity contribution is -0.134. The maximum absolute atomic E-state index is 12.7. The molecule has 0 bridgehead atoms. The first kappa shape index (κ1) is 16.1. The standard InChI is InChI=1S/C20H24N4O/c25-19(18-13-17(18)16-5-2-1-3-6-16)24-11-7-15(8-12-24)14-23-20-21-9-4-10-22-20/h1-6,9-10,15,17-18H,7-8,11-14H2,(H,21,22,23)/t17-,18+/m0/s1. The molecule has 1 aliphatic carbocycles. The van der Waals surface area contributed by atoms with Crippen molar-refractivity contribution in [3.8, 4) is 0 Å². The molecule has 2 atom stereocenters. The van der Waals surface area contributed by atoms with Crippen LogP contribution in [0.1, 0.15) is 30.7 Å². The van der Waals surface area contributed by atoms with E-state index in [1.807, 2.05) is 12.1 Å². The third-order valence-electron chi connectivity index (χ3n) is 5.38. The lowest BCUT2D eigenvalue weighted by Gasteiger charge is -2.32. The Bertz CT molecular complexity index is 698. The van der Waals surface area contributed by atoms with Gasteiger partial charge in [0, 0.05) is 37.9 Å². The summed E-state index contributed by atoms with van der Waals surface area (Å²) >= 11 is 0. The minimum Gasteiger partial charge on any atom is -0.354 e. The number of carbonyl (C=O) groups is 1. The first-order valence-corrected chi connectivity index (χ1v) is 9.16. The summed E-state index contributed by atoms with van der Waals surface area (Å²) in [6.45, 7) is 2.62. The fourth-order valence-electron chi connectivity index (χ4n) is 3.75. The number of nitrogens with one attached hydrogen (secondary N) is 1. The fraction of sp³-hybridized carbons (Fsp3) is 0.450. The van der Waals surface area contributed by atoms with Gasteiger partial charge in [0.15, 0.2) is 0 Å². The highest BCUT2D eigenvalue weighted by molar-refractivity contribution is 5.83. The number of hydrogen-bond donors (Lipinski definition) is 1. The molecular weight excluding hydrogens is 312 g/mol. The third kappa shape index (κ3) is 3.81. The van der Waals surface area contributed by atoms with Crippen LogP contribution in [0.15, 0.2) is 48.8 Å². The number of nitrogens with zero attached hydrogens (tertiary/aromatic N) is 3. The molecule has 5 nitrogen and oxygen atoms in total. The molecule has 1 saturated carbocycles. The van der Waals surface area contributed by atoms with Gasteiger partial charge in [0.2, 0.25) is 11.9 Å². The van der Waals surface area contributed by atoms with E-state index in [1.54, 1.807) is 12.4 Å². The summed E-state index contributed by atoms with van der Waals surface area (Å²) in [7, 11) is 0. The van der Waals surface area contributed by atoms with Crippen molar-refractivity contribution in [1.29, 1.82) is 0 Å². The van der Waals surface area contributed by atoms with Gasteiger partial charge in [0.1, 0.15) is 0 Å². The number of likely N-dealkylation sites (tertiary alicyclic amines) is 1. The minimum atomic E-state index is 0.204. The highest BCUT2D eigenvalue weighted by Gasteiger charge is 2.45. The van der Waals surface area contributed by atoms with Crippen molar-refractivity contribution in [1.82, 2.24) is 14.9 Å². The molecule has 5 heteroatoms. The molecule has 0 spiro atoms. The molecule has 1 aliphatic heterocycles. The van der Waals surface area contributed by atoms with E-state index in [1.165, 1.54) is 5.56 Å². The van der Waals surface area contributed by atoms with E-state index in [9.17, 15) is 4.79 Å². The van der Waals surface area contributed by atoms with Crippen LogP contribution >= 0.6 is 0 Å². The number of hydrogen-bond acceptors (Lipinski definition) is 4. The van der Waals surface area contributed by atoms with Gasteiger partial charge in [-0.2, -0.15) is 0 Å². The van der Waals surface area contributed by atoms with Crippen LogP contribution in [-0.2, 0) is 4.79 Å². The Morgan fingerprint density at radius 3 is 2.52 bits per heavy atom. The number of anilines is 1. The predicted molar refractivity (Wildman–Crippen MR) is 97.1 cm³/mol. The number of carbonyl (C=O) groups excluding carboxylic acids is 1. The van der Waals surface area contributed by atoms with Crippen molar-refractivity contribution < 1.29 is 4.79 Å². The number of aromatic nitrogens is 2. The molecule has 1 aromatic heterocycles. The Balaban J connectivity index is 1.23. The summed E-state index contributed by atoms with van der Waals surface area (Å²) < 4.78 is 0. The quantitative estimate of drug-likeness (QED) is 0.912. The van der Waals surface area contributed by atoms with Gasteiger partial charge in [0.05, 0.1) is 0 Å². The SMILES string of the molecule is O=C([C@@H]1C[C@H]1c1ccccc1)N1CCC(CNc2ncccn2)CC1. The van der Waals surface area contributed by atoms with Gasteiger partial charge in [-0.25, -0.2) is 9.97 Å². The van der Waals surface area contributed by atoms with Crippen molar-refractivity contribution in [2.24, 2.45) is 11.8 Å². The number of rotatable bonds is 5. The molecule has 2 aliphatic rings. The number of piperidine rings is 1. The van der Waals surface area contributed by atoms with Crippen LogP contribution < -0.4 is 5.32 Å². The molecule has 0 radical (unpaired) electrons. The van der Waals surface area contributed by atoms with Crippen molar-refractivity contribution >= 4 is 11.9 Å². The smallest absolute Gasteiger partial charge is 0.226 e. The molecule has 2 heterocycles. The van der Waals surface area contributed by atoms with Crippen LogP contribution in [0.3, 0.4) is 0 Å². The van der Waals surface area contributed by atoms with Gasteiger partial charge in [0.25, 0.3) is 0 Å². The van der Waals surface area contributed by atoms with Crippen molar-refractivity contribution in [3.05, 3.63) is 54.4 Å². The van der Waals surface area contributed by atoms with Crippen LogP contribution in [0.4, 0.5) is 5.95 Å². The second-order valence-electron chi connectivity index (χ2n) is 7.08. The van der Waals surface area contributed by atoms with Gasteiger partial charge >= 0.3 is 0 Å². The number of amides is 1. The molecule has 1 saturated heterocycles. The average molecular weight is 336 g/mol. The summed E-state index contributed by atoms with van der Waals surface area (Å²) in [6, 6.07) is 12.2. The zero-order valence-electron chi connectivity index (χ0n) is 14.3. The highest BCUT2D eigenvalue weighted by Crippen LogP contribution is 2.48. The van der Waals surface area contributed by atoms with Crippen LogP contribution in [0.2, 0.25) is 0 Å². The van der Waals surface area contributed by atoms with E-state index in [0.717, 1.165) is 38.9 Å². The van der Waals surface area contributed by atoms with Gasteiger partial charge in [-0.3, -0.25) is 4.79 Å². The van der Waals surface area contributed by atoms with E-state index >= 15 is 0 Å². The lowest BCUT2D eigenvalue weighted by Crippen LogP contribution is -2.40. The van der Waals surface area contributed by atoms with E-state index in [4.69, 9.17) is 0 Å². The second kappa shape index (κ2) is 7.21. The molecule has 1 aromatic carbocycles. The van der Waals surface area contributed by atoms with E-state index < -0.39 is 0 Å². The lowest BCUT2D eigenvalue weighted by atomic mass is 9.96. The third-order valence-corrected chi connectivity index (χ3v) is 5.38. The Morgan fingerprint density at radius 1 is 1.08 bits per heavy atom. The van der Waals surface area contributed by atoms with Crippen LogP contribution in [0.5, 0.6) is 0 Å². The molecule has 25 heavy (non-hydrogen) atoms. The van der Waals surface area contributed by atoms with Gasteiger partial charge in [-0.1, -0.05) is 30.3 Å². The molecule has 1 amide bonds. The number of benzene rings is 1. The normalized spacial score (nSPS) is 23.3. The molecule has 130 valence electrons. The Hall–Kier alpha value is -2.43. The van der Waals surface area contributed by atoms with Crippen molar-refractivity contribution in [2.45, 2.75) is 25.2 Å². The first-order valence-electron chi connectivity index (χ1n) is 9.16. The van der Waals surface area contributed by atoms with Gasteiger partial charge in [-0.15, -0.1) is 0 Å². The monoisotopic (exact) mass is 336 g/mol. The van der Waals surface area contributed by atoms with Gasteiger partial charge < -0.3 is 10.2 Å². The van der Waals surface area contributed by atoms with Gasteiger partial charge in [-0.05, 0) is 42.7 Å². The fourth-order valence-corrected chi connectivity index (χ4v) is 3.75. The Labute approximate surface area is 148 Å². The van der Waals surface area contributed by atoms with Crippen LogP contribution in [0, 0.1) is 11.8 Å². The summed E-state index contributed by atoms with van der Waals surface area (Å²) in [4.78, 5) is 23.2. The minimum absolute atomic E-state index is 0.204. The highest BCUT2D eigenvalue weighted by atomic mass is 16.2. The molecule has 0 unspecified atom stereocenters. The largest absolute Gasteiger partial charge is 0.354 e. The maximum Gasteiger partial charge on any atom is 0.226 e. The first-order chi connectivity index (χ1) is 12.3. The molecular formula is C20H24N4O. The molecule has 2 aromatic rings. The molecule has 1 N–H and O–H groups in total. The van der Waals surface area contributed by atoms with Crippen molar-refractivity contribution in [3.63, 3.8) is 0 Å². The van der Waals surface area contributed by atoms with Crippen LogP contribution in [-0.4, -0.2) is 40.4 Å². The van der Waals surface area contributed by atoms with Crippen LogP contribution in [0.25, 0.3) is 0 Å². The molecule has 2 fully saturated rings. The molecule has 4 rings (SSSR count). The topological polar surface area (TPSA) is 58.1 Å². The maximum atomic E-state index is 12.7. The summed E-state index contributed by atoms with van der Waals surface area (Å²) in [5.41, 5.74) is 1.31. The average Bonchev–Trinajstić information content (AvgIpc) is 3.49. The van der Waals surface area contributed by atoms with E-state index in [0.29, 0.717) is 23.7 Å². The summed E-state index contributed by atoms with van der Waals surface area (Å²) in [5, 5.41) is 3.30. The Kier molecular flexibility index (Phi) is 4.63. The summed E-state index contributed by atoms with van der Waals surface area (Å²) in [5.74, 6) is 2.26.